The van der Waals surface area contributed by atoms with Gasteiger partial charge in [0.2, 0.25) is 0 Å². The maximum Gasteiger partial charge on any atom is 0.272 e. The van der Waals surface area contributed by atoms with Crippen molar-refractivity contribution in [1.29, 1.82) is 0 Å². The lowest BCUT2D eigenvalue weighted by atomic mass is 10.0. The van der Waals surface area contributed by atoms with Crippen molar-refractivity contribution in [3.8, 4) is 0 Å². The van der Waals surface area contributed by atoms with E-state index >= 15 is 0 Å². The lowest BCUT2D eigenvalue weighted by molar-refractivity contribution is -0.0410. The molecule has 0 aromatic heterocycles. The van der Waals surface area contributed by atoms with Crippen molar-refractivity contribution in [2.24, 2.45) is 0 Å². The summed E-state index contributed by atoms with van der Waals surface area (Å²) < 4.78 is 0. The number of carbonyl (C=O) groups is 2. The van der Waals surface area contributed by atoms with Gasteiger partial charge in [0.05, 0.1) is 5.54 Å². The van der Waals surface area contributed by atoms with Crippen molar-refractivity contribution in [2.75, 3.05) is 6.54 Å². The standard InChI is InChI=1S/C22H28N2O2/c1-7-23(20(25)18-12-8-10-16(2)14-18)24(22(4,5)6)21(26)19-13-9-11-17(3)15-19/h8-15H,7H2,1-6H3. The molecule has 0 heterocycles. The highest BCUT2D eigenvalue weighted by Crippen LogP contribution is 2.23. The Bertz CT molecular complexity index is 806. The maximum atomic E-state index is 13.3. The fraction of sp³-hybridized carbons (Fsp3) is 0.364. The van der Waals surface area contributed by atoms with E-state index < -0.39 is 5.54 Å². The molecule has 0 aliphatic carbocycles. The monoisotopic (exact) mass is 352 g/mol. The minimum absolute atomic E-state index is 0.174. The summed E-state index contributed by atoms with van der Waals surface area (Å²) in [5, 5.41) is 3.12. The van der Waals surface area contributed by atoms with Crippen LogP contribution in [0.1, 0.15) is 59.5 Å². The van der Waals surface area contributed by atoms with Gasteiger partial charge in [-0.2, -0.15) is 0 Å². The Kier molecular flexibility index (Phi) is 5.86. The average Bonchev–Trinajstić information content (AvgIpc) is 2.57. The largest absolute Gasteiger partial charge is 0.272 e. The van der Waals surface area contributed by atoms with Crippen molar-refractivity contribution in [3.63, 3.8) is 0 Å². The van der Waals surface area contributed by atoms with Crippen LogP contribution in [0.4, 0.5) is 0 Å². The molecule has 0 saturated carbocycles. The third kappa shape index (κ3) is 4.31. The van der Waals surface area contributed by atoms with Crippen LogP contribution in [0.2, 0.25) is 0 Å². The van der Waals surface area contributed by atoms with Crippen molar-refractivity contribution < 1.29 is 9.59 Å². The highest BCUT2D eigenvalue weighted by molar-refractivity contribution is 5.99. The van der Waals surface area contributed by atoms with Crippen LogP contribution in [0, 0.1) is 13.8 Å². The van der Waals surface area contributed by atoms with Gasteiger partial charge in [0.25, 0.3) is 11.8 Å². The molecular formula is C22H28N2O2. The van der Waals surface area contributed by atoms with Gasteiger partial charge in [-0.1, -0.05) is 35.4 Å². The number of carbonyl (C=O) groups excluding carboxylic acids is 2. The number of rotatable bonds is 3. The van der Waals surface area contributed by atoms with Gasteiger partial charge < -0.3 is 0 Å². The molecule has 0 fully saturated rings. The summed E-state index contributed by atoms with van der Waals surface area (Å²) in [4.78, 5) is 26.4. The zero-order valence-electron chi connectivity index (χ0n) is 16.5. The van der Waals surface area contributed by atoms with Gasteiger partial charge in [-0.3, -0.25) is 9.59 Å². The predicted octanol–water partition coefficient (Wildman–Crippen LogP) is 4.62. The SMILES string of the molecule is CCN(C(=O)c1cccc(C)c1)N(C(=O)c1cccc(C)c1)C(C)(C)C. The molecule has 0 saturated heterocycles. The van der Waals surface area contributed by atoms with Crippen LogP contribution < -0.4 is 0 Å². The molecule has 0 spiro atoms. The summed E-state index contributed by atoms with van der Waals surface area (Å²) in [5.41, 5.74) is 2.64. The fourth-order valence-corrected chi connectivity index (χ4v) is 2.98. The minimum atomic E-state index is -0.545. The Morgan fingerprint density at radius 2 is 1.31 bits per heavy atom. The molecule has 0 unspecified atom stereocenters. The molecule has 138 valence electrons. The molecule has 26 heavy (non-hydrogen) atoms. The summed E-state index contributed by atoms with van der Waals surface area (Å²) in [5.74, 6) is -0.351. The van der Waals surface area contributed by atoms with Crippen LogP contribution in [0.25, 0.3) is 0 Å². The van der Waals surface area contributed by atoms with Crippen LogP contribution >= 0.6 is 0 Å². The van der Waals surface area contributed by atoms with Crippen molar-refractivity contribution >= 4 is 11.8 Å². The maximum absolute atomic E-state index is 13.3. The second-order valence-electron chi connectivity index (χ2n) is 7.55. The first kappa shape index (κ1) is 19.7. The van der Waals surface area contributed by atoms with Crippen LogP contribution in [-0.4, -0.2) is 33.9 Å². The minimum Gasteiger partial charge on any atom is -0.267 e. The quantitative estimate of drug-likeness (QED) is 0.756. The molecule has 2 aromatic carbocycles. The van der Waals surface area contributed by atoms with Crippen LogP contribution in [0.3, 0.4) is 0 Å². The second-order valence-corrected chi connectivity index (χ2v) is 7.55. The van der Waals surface area contributed by atoms with E-state index in [1.807, 2.05) is 77.9 Å². The van der Waals surface area contributed by atoms with Crippen molar-refractivity contribution in [1.82, 2.24) is 10.0 Å². The van der Waals surface area contributed by atoms with E-state index in [4.69, 9.17) is 0 Å². The smallest absolute Gasteiger partial charge is 0.267 e. The molecule has 0 aliphatic rings. The molecular weight excluding hydrogens is 324 g/mol. The molecule has 0 N–H and O–H groups in total. The van der Waals surface area contributed by atoms with E-state index in [1.54, 1.807) is 22.2 Å². The molecule has 4 nitrogen and oxygen atoms in total. The normalized spacial score (nSPS) is 11.2. The summed E-state index contributed by atoms with van der Waals surface area (Å²) in [6.07, 6.45) is 0. The van der Waals surface area contributed by atoms with Gasteiger partial charge in [-0.15, -0.1) is 0 Å². The number of aryl methyl sites for hydroxylation is 2. The molecule has 0 aliphatic heterocycles. The Hall–Kier alpha value is -2.62. The van der Waals surface area contributed by atoms with E-state index in [0.717, 1.165) is 11.1 Å². The molecule has 4 heteroatoms. The average molecular weight is 352 g/mol. The lowest BCUT2D eigenvalue weighted by Gasteiger charge is -2.43. The Labute approximate surface area is 156 Å². The third-order valence-electron chi connectivity index (χ3n) is 4.13. The van der Waals surface area contributed by atoms with Crippen LogP contribution in [0.15, 0.2) is 48.5 Å². The predicted molar refractivity (Wildman–Crippen MR) is 105 cm³/mol. The summed E-state index contributed by atoms with van der Waals surface area (Å²) in [7, 11) is 0. The third-order valence-corrected chi connectivity index (χ3v) is 4.13. The second kappa shape index (κ2) is 7.73. The lowest BCUT2D eigenvalue weighted by Crippen LogP contribution is -2.58. The summed E-state index contributed by atoms with van der Waals surface area (Å²) in [6, 6.07) is 14.9. The van der Waals surface area contributed by atoms with Crippen LogP contribution in [-0.2, 0) is 0 Å². The molecule has 2 rings (SSSR count). The first-order valence-electron chi connectivity index (χ1n) is 8.95. The van der Waals surface area contributed by atoms with Gasteiger partial charge >= 0.3 is 0 Å². The number of hydrazine groups is 1. The molecule has 0 radical (unpaired) electrons. The molecule has 2 aromatic rings. The van der Waals surface area contributed by atoms with E-state index in [2.05, 4.69) is 0 Å². The zero-order chi connectivity index (χ0) is 19.5. The highest BCUT2D eigenvalue weighted by atomic mass is 16.2. The van der Waals surface area contributed by atoms with Gasteiger partial charge in [0, 0.05) is 17.7 Å². The Morgan fingerprint density at radius 1 is 0.846 bits per heavy atom. The first-order valence-corrected chi connectivity index (χ1v) is 8.95. The van der Waals surface area contributed by atoms with E-state index in [1.165, 1.54) is 0 Å². The Balaban J connectivity index is 2.47. The van der Waals surface area contributed by atoms with E-state index in [-0.39, 0.29) is 11.8 Å². The summed E-state index contributed by atoms with van der Waals surface area (Å²) in [6.45, 7) is 12.0. The van der Waals surface area contributed by atoms with Gasteiger partial charge in [0.1, 0.15) is 0 Å². The van der Waals surface area contributed by atoms with Gasteiger partial charge in [-0.05, 0) is 65.8 Å². The summed E-state index contributed by atoms with van der Waals surface area (Å²) >= 11 is 0. The number of nitrogens with zero attached hydrogens (tertiary/aromatic N) is 2. The zero-order valence-corrected chi connectivity index (χ0v) is 16.5. The Morgan fingerprint density at radius 3 is 1.69 bits per heavy atom. The van der Waals surface area contributed by atoms with Gasteiger partial charge in [0.15, 0.2) is 0 Å². The van der Waals surface area contributed by atoms with Crippen molar-refractivity contribution in [2.45, 2.75) is 47.1 Å². The number of hydrogen-bond donors (Lipinski definition) is 0. The number of benzene rings is 2. The van der Waals surface area contributed by atoms with Crippen molar-refractivity contribution in [3.05, 3.63) is 70.8 Å². The number of amides is 2. The van der Waals surface area contributed by atoms with E-state index in [0.29, 0.717) is 17.7 Å². The van der Waals surface area contributed by atoms with Crippen LogP contribution in [0.5, 0.6) is 0 Å². The van der Waals surface area contributed by atoms with E-state index in [9.17, 15) is 9.59 Å². The topological polar surface area (TPSA) is 40.6 Å². The number of hydrogen-bond acceptors (Lipinski definition) is 2. The fourth-order valence-electron chi connectivity index (χ4n) is 2.98. The first-order chi connectivity index (χ1) is 12.1. The highest BCUT2D eigenvalue weighted by Gasteiger charge is 2.35. The molecule has 0 bridgehead atoms. The molecule has 2 amide bonds. The molecule has 0 atom stereocenters. The van der Waals surface area contributed by atoms with Gasteiger partial charge in [-0.25, -0.2) is 10.0 Å².